The van der Waals surface area contributed by atoms with Crippen LogP contribution < -0.4 is 5.32 Å². The first-order valence-electron chi connectivity index (χ1n) is 6.75. The number of anilines is 1. The zero-order chi connectivity index (χ0) is 12.3. The lowest BCUT2D eigenvalue weighted by Crippen LogP contribution is -2.26. The van der Waals surface area contributed by atoms with E-state index in [2.05, 4.69) is 22.2 Å². The van der Waals surface area contributed by atoms with Crippen LogP contribution in [0.5, 0.6) is 0 Å². The van der Waals surface area contributed by atoms with E-state index in [-0.39, 0.29) is 0 Å². The predicted octanol–water partition coefficient (Wildman–Crippen LogP) is 3.47. The lowest BCUT2D eigenvalue weighted by Gasteiger charge is -2.28. The van der Waals surface area contributed by atoms with E-state index in [0.717, 1.165) is 23.1 Å². The van der Waals surface area contributed by atoms with Gasteiger partial charge in [-0.05, 0) is 45.4 Å². The van der Waals surface area contributed by atoms with Crippen LogP contribution in [0.15, 0.2) is 6.20 Å². The van der Waals surface area contributed by atoms with E-state index in [1.54, 1.807) is 0 Å². The quantitative estimate of drug-likeness (QED) is 0.868. The van der Waals surface area contributed by atoms with Crippen LogP contribution in [0.25, 0.3) is 0 Å². The van der Waals surface area contributed by atoms with Crippen molar-refractivity contribution >= 4 is 5.82 Å². The van der Waals surface area contributed by atoms with Crippen molar-refractivity contribution in [1.82, 2.24) is 9.97 Å². The third-order valence-corrected chi connectivity index (χ3v) is 3.97. The molecule has 1 fully saturated rings. The van der Waals surface area contributed by atoms with Crippen molar-refractivity contribution in [3.8, 4) is 0 Å². The Hall–Kier alpha value is -1.12. The molecule has 2 rings (SSSR count). The average molecular weight is 233 g/mol. The Morgan fingerprint density at radius 3 is 2.47 bits per heavy atom. The second-order valence-corrected chi connectivity index (χ2v) is 5.20. The van der Waals surface area contributed by atoms with E-state index in [0.29, 0.717) is 6.04 Å². The van der Waals surface area contributed by atoms with Crippen LogP contribution in [0, 0.1) is 19.8 Å². The maximum Gasteiger partial charge on any atom is 0.145 e. The van der Waals surface area contributed by atoms with Crippen molar-refractivity contribution in [2.24, 2.45) is 5.92 Å². The van der Waals surface area contributed by atoms with Gasteiger partial charge in [-0.1, -0.05) is 13.3 Å². The molecule has 1 saturated carbocycles. The second-order valence-electron chi connectivity index (χ2n) is 5.20. The number of nitrogens with one attached hydrogen (secondary N) is 1. The number of aryl methyl sites for hydroxylation is 2. The van der Waals surface area contributed by atoms with E-state index in [4.69, 9.17) is 0 Å². The van der Waals surface area contributed by atoms with Gasteiger partial charge in [0.1, 0.15) is 5.82 Å². The Morgan fingerprint density at radius 2 is 1.88 bits per heavy atom. The summed E-state index contributed by atoms with van der Waals surface area (Å²) in [4.78, 5) is 8.88. The third kappa shape index (κ3) is 3.18. The van der Waals surface area contributed by atoms with E-state index >= 15 is 0 Å². The molecule has 1 aliphatic carbocycles. The Morgan fingerprint density at radius 1 is 1.18 bits per heavy atom. The molecule has 1 aliphatic rings. The molecule has 0 atom stereocenters. The first-order chi connectivity index (χ1) is 8.19. The van der Waals surface area contributed by atoms with Crippen LogP contribution in [0.1, 0.15) is 50.4 Å². The molecule has 0 bridgehead atoms. The maximum atomic E-state index is 4.53. The molecule has 0 aromatic carbocycles. The number of rotatable bonds is 3. The van der Waals surface area contributed by atoms with Gasteiger partial charge < -0.3 is 5.32 Å². The molecular formula is C14H23N3. The van der Waals surface area contributed by atoms with Crippen molar-refractivity contribution in [3.63, 3.8) is 0 Å². The lowest BCUT2D eigenvalue weighted by molar-refractivity contribution is 0.330. The summed E-state index contributed by atoms with van der Waals surface area (Å²) in [6.45, 7) is 6.31. The normalized spacial score (nSPS) is 24.6. The zero-order valence-corrected chi connectivity index (χ0v) is 11.2. The molecule has 0 unspecified atom stereocenters. The van der Waals surface area contributed by atoms with Crippen LogP contribution in [0.4, 0.5) is 5.82 Å². The molecule has 1 aromatic heterocycles. The fourth-order valence-corrected chi connectivity index (χ4v) is 2.54. The van der Waals surface area contributed by atoms with E-state index < -0.39 is 0 Å². The summed E-state index contributed by atoms with van der Waals surface area (Å²) >= 11 is 0. The van der Waals surface area contributed by atoms with Crippen LogP contribution in [-0.2, 0) is 0 Å². The Kier molecular flexibility index (Phi) is 3.97. The Labute approximate surface area is 104 Å². The molecule has 1 aromatic rings. The van der Waals surface area contributed by atoms with Gasteiger partial charge in [0, 0.05) is 6.04 Å². The van der Waals surface area contributed by atoms with Gasteiger partial charge >= 0.3 is 0 Å². The van der Waals surface area contributed by atoms with Crippen LogP contribution in [-0.4, -0.2) is 16.0 Å². The fraction of sp³-hybridized carbons (Fsp3) is 0.714. The summed E-state index contributed by atoms with van der Waals surface area (Å²) in [5, 5.41) is 3.52. The van der Waals surface area contributed by atoms with Crippen molar-refractivity contribution in [2.45, 2.75) is 58.9 Å². The molecule has 0 aliphatic heterocycles. The van der Waals surface area contributed by atoms with Crippen LogP contribution in [0.3, 0.4) is 0 Å². The van der Waals surface area contributed by atoms with Crippen LogP contribution >= 0.6 is 0 Å². The molecule has 0 radical (unpaired) electrons. The zero-order valence-electron chi connectivity index (χ0n) is 11.2. The number of hydrogen-bond donors (Lipinski definition) is 1. The molecule has 94 valence electrons. The second kappa shape index (κ2) is 5.48. The molecule has 3 nitrogen and oxygen atoms in total. The standard InChI is InChI=1S/C14H23N3/c1-4-12-5-7-13(8-6-12)17-14-9-15-10(2)11(3)16-14/h9,12-13H,4-8H2,1-3H3,(H,16,17). The molecule has 1 heterocycles. The Bertz CT molecular complexity index is 368. The van der Waals surface area contributed by atoms with Gasteiger partial charge in [0.25, 0.3) is 0 Å². The molecule has 1 N–H and O–H groups in total. The predicted molar refractivity (Wildman–Crippen MR) is 71.2 cm³/mol. The van der Waals surface area contributed by atoms with Crippen molar-refractivity contribution in [1.29, 1.82) is 0 Å². The van der Waals surface area contributed by atoms with Crippen molar-refractivity contribution in [3.05, 3.63) is 17.6 Å². The maximum absolute atomic E-state index is 4.53. The average Bonchev–Trinajstić information content (AvgIpc) is 2.35. The number of aromatic nitrogens is 2. The first-order valence-corrected chi connectivity index (χ1v) is 6.75. The summed E-state index contributed by atoms with van der Waals surface area (Å²) in [6, 6.07) is 0.592. The molecular weight excluding hydrogens is 210 g/mol. The highest BCUT2D eigenvalue weighted by atomic mass is 15.0. The fourth-order valence-electron chi connectivity index (χ4n) is 2.54. The van der Waals surface area contributed by atoms with Gasteiger partial charge in [0.05, 0.1) is 17.6 Å². The molecule has 0 saturated heterocycles. The minimum absolute atomic E-state index is 0.592. The molecule has 17 heavy (non-hydrogen) atoms. The minimum Gasteiger partial charge on any atom is -0.366 e. The highest BCUT2D eigenvalue weighted by Crippen LogP contribution is 2.28. The summed E-state index contributed by atoms with van der Waals surface area (Å²) in [7, 11) is 0. The summed E-state index contributed by atoms with van der Waals surface area (Å²) < 4.78 is 0. The third-order valence-electron chi connectivity index (χ3n) is 3.97. The summed E-state index contributed by atoms with van der Waals surface area (Å²) in [5.74, 6) is 1.88. The van der Waals surface area contributed by atoms with Crippen molar-refractivity contribution < 1.29 is 0 Å². The van der Waals surface area contributed by atoms with E-state index in [1.165, 1.54) is 32.1 Å². The van der Waals surface area contributed by atoms with Gasteiger partial charge in [-0.2, -0.15) is 0 Å². The summed E-state index contributed by atoms with van der Waals surface area (Å²) in [6.07, 6.45) is 8.43. The Balaban J connectivity index is 1.91. The van der Waals surface area contributed by atoms with E-state index in [9.17, 15) is 0 Å². The van der Waals surface area contributed by atoms with Gasteiger partial charge in [0.2, 0.25) is 0 Å². The SMILES string of the molecule is CCC1CCC(Nc2cnc(C)c(C)n2)CC1. The largest absolute Gasteiger partial charge is 0.366 e. The molecule has 3 heteroatoms. The van der Waals surface area contributed by atoms with Gasteiger partial charge in [-0.25, -0.2) is 4.98 Å². The van der Waals surface area contributed by atoms with Crippen molar-refractivity contribution in [2.75, 3.05) is 5.32 Å². The van der Waals surface area contributed by atoms with Crippen LogP contribution in [0.2, 0.25) is 0 Å². The summed E-state index contributed by atoms with van der Waals surface area (Å²) in [5.41, 5.74) is 2.04. The number of hydrogen-bond acceptors (Lipinski definition) is 3. The number of nitrogens with zero attached hydrogens (tertiary/aromatic N) is 2. The topological polar surface area (TPSA) is 37.8 Å². The smallest absolute Gasteiger partial charge is 0.145 e. The highest BCUT2D eigenvalue weighted by molar-refractivity contribution is 5.34. The van der Waals surface area contributed by atoms with E-state index in [1.807, 2.05) is 20.0 Å². The molecule has 0 amide bonds. The van der Waals surface area contributed by atoms with Gasteiger partial charge in [-0.15, -0.1) is 0 Å². The highest BCUT2D eigenvalue weighted by Gasteiger charge is 2.20. The van der Waals surface area contributed by atoms with Gasteiger partial charge in [-0.3, -0.25) is 4.98 Å². The molecule has 0 spiro atoms. The van der Waals surface area contributed by atoms with Gasteiger partial charge in [0.15, 0.2) is 0 Å². The first kappa shape index (κ1) is 12.3. The minimum atomic E-state index is 0.592. The lowest BCUT2D eigenvalue weighted by atomic mass is 9.84. The monoisotopic (exact) mass is 233 g/mol.